The van der Waals surface area contributed by atoms with E-state index in [0.717, 1.165) is 30.6 Å². The van der Waals surface area contributed by atoms with Crippen molar-refractivity contribution >= 4 is 16.6 Å². The van der Waals surface area contributed by atoms with Crippen LogP contribution in [0.1, 0.15) is 23.2 Å². The quantitative estimate of drug-likeness (QED) is 0.792. The lowest BCUT2D eigenvalue weighted by Crippen LogP contribution is -2.32. The van der Waals surface area contributed by atoms with Gasteiger partial charge in [-0.15, -0.1) is 0 Å². The standard InChI is InChI=1S/C19H24N2O/c1-20(2)18-9-11-21(14-18)12-10-19(22)17-8-7-15-5-3-4-6-16(15)13-17/h3-8,13,18H,9-12,14H2,1-2H3. The van der Waals surface area contributed by atoms with Gasteiger partial charge >= 0.3 is 0 Å². The number of nitrogens with zero attached hydrogens (tertiary/aromatic N) is 2. The molecule has 22 heavy (non-hydrogen) atoms. The number of carbonyl (C=O) groups excluding carboxylic acids is 1. The molecule has 0 saturated carbocycles. The summed E-state index contributed by atoms with van der Waals surface area (Å²) in [7, 11) is 4.27. The molecule has 0 amide bonds. The van der Waals surface area contributed by atoms with Crippen LogP contribution in [-0.4, -0.2) is 55.4 Å². The molecule has 2 aromatic carbocycles. The summed E-state index contributed by atoms with van der Waals surface area (Å²) in [6.07, 6.45) is 1.82. The van der Waals surface area contributed by atoms with Crippen LogP contribution < -0.4 is 0 Å². The van der Waals surface area contributed by atoms with Crippen molar-refractivity contribution < 1.29 is 4.79 Å². The summed E-state index contributed by atoms with van der Waals surface area (Å²) in [6, 6.07) is 14.8. The summed E-state index contributed by atoms with van der Waals surface area (Å²) >= 11 is 0. The Morgan fingerprint density at radius 1 is 1.18 bits per heavy atom. The molecule has 0 N–H and O–H groups in total. The van der Waals surface area contributed by atoms with Crippen molar-refractivity contribution in [2.45, 2.75) is 18.9 Å². The second kappa shape index (κ2) is 6.59. The molecular formula is C19H24N2O. The number of hydrogen-bond donors (Lipinski definition) is 0. The van der Waals surface area contributed by atoms with Crippen molar-refractivity contribution in [2.24, 2.45) is 0 Å². The Labute approximate surface area is 132 Å². The molecule has 3 rings (SSSR count). The van der Waals surface area contributed by atoms with Gasteiger partial charge < -0.3 is 9.80 Å². The smallest absolute Gasteiger partial charge is 0.164 e. The minimum absolute atomic E-state index is 0.249. The van der Waals surface area contributed by atoms with Crippen LogP contribution in [0.3, 0.4) is 0 Å². The van der Waals surface area contributed by atoms with Gasteiger partial charge in [-0.2, -0.15) is 0 Å². The third-order valence-electron chi connectivity index (χ3n) is 4.70. The topological polar surface area (TPSA) is 23.6 Å². The van der Waals surface area contributed by atoms with E-state index in [1.807, 2.05) is 30.3 Å². The van der Waals surface area contributed by atoms with Gasteiger partial charge in [0, 0.05) is 31.1 Å². The van der Waals surface area contributed by atoms with Crippen molar-refractivity contribution in [3.8, 4) is 0 Å². The predicted molar refractivity (Wildman–Crippen MR) is 91.4 cm³/mol. The summed E-state index contributed by atoms with van der Waals surface area (Å²) in [5.74, 6) is 0.249. The van der Waals surface area contributed by atoms with Gasteiger partial charge in [0.2, 0.25) is 0 Å². The highest BCUT2D eigenvalue weighted by molar-refractivity contribution is 6.00. The van der Waals surface area contributed by atoms with E-state index in [-0.39, 0.29) is 5.78 Å². The molecule has 1 heterocycles. The molecule has 3 nitrogen and oxygen atoms in total. The summed E-state index contributed by atoms with van der Waals surface area (Å²) in [5, 5.41) is 2.33. The maximum absolute atomic E-state index is 12.4. The number of ketones is 1. The van der Waals surface area contributed by atoms with Crippen molar-refractivity contribution in [1.82, 2.24) is 9.80 Å². The molecule has 0 radical (unpaired) electrons. The zero-order chi connectivity index (χ0) is 15.5. The Bertz CT molecular complexity index is 665. The van der Waals surface area contributed by atoms with E-state index in [4.69, 9.17) is 0 Å². The Hall–Kier alpha value is -1.71. The van der Waals surface area contributed by atoms with Crippen LogP contribution >= 0.6 is 0 Å². The lowest BCUT2D eigenvalue weighted by atomic mass is 10.0. The maximum Gasteiger partial charge on any atom is 0.164 e. The Morgan fingerprint density at radius 2 is 1.95 bits per heavy atom. The third-order valence-corrected chi connectivity index (χ3v) is 4.70. The van der Waals surface area contributed by atoms with E-state index in [9.17, 15) is 4.79 Å². The van der Waals surface area contributed by atoms with E-state index < -0.39 is 0 Å². The molecule has 0 aliphatic carbocycles. The minimum atomic E-state index is 0.249. The SMILES string of the molecule is CN(C)C1CCN(CCC(=O)c2ccc3ccccc3c2)C1. The second-order valence-corrected chi connectivity index (χ2v) is 6.44. The Balaban J connectivity index is 1.59. The number of hydrogen-bond acceptors (Lipinski definition) is 3. The Morgan fingerprint density at radius 3 is 2.68 bits per heavy atom. The predicted octanol–water partition coefficient (Wildman–Crippen LogP) is 3.05. The van der Waals surface area contributed by atoms with Crippen molar-refractivity contribution in [3.63, 3.8) is 0 Å². The number of likely N-dealkylation sites (N-methyl/N-ethyl adjacent to an activating group) is 1. The number of rotatable bonds is 5. The zero-order valence-electron chi connectivity index (χ0n) is 13.5. The third kappa shape index (κ3) is 3.37. The first-order valence-corrected chi connectivity index (χ1v) is 8.04. The minimum Gasteiger partial charge on any atom is -0.305 e. The first kappa shape index (κ1) is 15.2. The second-order valence-electron chi connectivity index (χ2n) is 6.44. The molecule has 2 aromatic rings. The molecule has 1 aliphatic heterocycles. The molecule has 3 heteroatoms. The molecular weight excluding hydrogens is 272 g/mol. The molecule has 1 aliphatic rings. The fourth-order valence-corrected chi connectivity index (χ4v) is 3.20. The van der Waals surface area contributed by atoms with Crippen LogP contribution in [0.5, 0.6) is 0 Å². The molecule has 1 unspecified atom stereocenters. The molecule has 1 fully saturated rings. The summed E-state index contributed by atoms with van der Waals surface area (Å²) in [5.41, 5.74) is 0.835. The van der Waals surface area contributed by atoms with Crippen LogP contribution in [0, 0.1) is 0 Å². The lowest BCUT2D eigenvalue weighted by molar-refractivity contribution is 0.0967. The fourth-order valence-electron chi connectivity index (χ4n) is 3.20. The number of Topliss-reactive ketones (excluding diaryl/α,β-unsaturated/α-hetero) is 1. The summed E-state index contributed by atoms with van der Waals surface area (Å²) < 4.78 is 0. The van der Waals surface area contributed by atoms with Gasteiger partial charge in [0.15, 0.2) is 5.78 Å². The van der Waals surface area contributed by atoms with Gasteiger partial charge in [0.25, 0.3) is 0 Å². The largest absolute Gasteiger partial charge is 0.305 e. The zero-order valence-corrected chi connectivity index (χ0v) is 13.5. The van der Waals surface area contributed by atoms with Crippen LogP contribution in [0.2, 0.25) is 0 Å². The average Bonchev–Trinajstić information content (AvgIpc) is 3.01. The van der Waals surface area contributed by atoms with Gasteiger partial charge in [0.1, 0.15) is 0 Å². The van der Waals surface area contributed by atoms with Crippen LogP contribution in [0.4, 0.5) is 0 Å². The van der Waals surface area contributed by atoms with Gasteiger partial charge in [-0.05, 0) is 43.9 Å². The first-order chi connectivity index (χ1) is 10.6. The first-order valence-electron chi connectivity index (χ1n) is 8.04. The molecule has 0 spiro atoms. The van der Waals surface area contributed by atoms with Gasteiger partial charge in [0.05, 0.1) is 0 Å². The molecule has 1 atom stereocenters. The van der Waals surface area contributed by atoms with Crippen LogP contribution in [-0.2, 0) is 0 Å². The van der Waals surface area contributed by atoms with Crippen LogP contribution in [0.15, 0.2) is 42.5 Å². The van der Waals surface area contributed by atoms with Gasteiger partial charge in [-0.1, -0.05) is 36.4 Å². The molecule has 1 saturated heterocycles. The number of fused-ring (bicyclic) bond motifs is 1. The van der Waals surface area contributed by atoms with Gasteiger partial charge in [-0.3, -0.25) is 4.79 Å². The number of likely N-dealkylation sites (tertiary alicyclic amines) is 1. The van der Waals surface area contributed by atoms with E-state index in [1.54, 1.807) is 0 Å². The van der Waals surface area contributed by atoms with Crippen LogP contribution in [0.25, 0.3) is 10.8 Å². The Kier molecular flexibility index (Phi) is 4.55. The van der Waals surface area contributed by atoms with Crippen molar-refractivity contribution in [2.75, 3.05) is 33.7 Å². The van der Waals surface area contributed by atoms with E-state index >= 15 is 0 Å². The molecule has 0 aromatic heterocycles. The summed E-state index contributed by atoms with van der Waals surface area (Å²) in [4.78, 5) is 17.1. The van der Waals surface area contributed by atoms with E-state index in [0.29, 0.717) is 12.5 Å². The van der Waals surface area contributed by atoms with Crippen molar-refractivity contribution in [1.29, 1.82) is 0 Å². The lowest BCUT2D eigenvalue weighted by Gasteiger charge is -2.20. The monoisotopic (exact) mass is 296 g/mol. The highest BCUT2D eigenvalue weighted by Gasteiger charge is 2.24. The maximum atomic E-state index is 12.4. The molecule has 116 valence electrons. The summed E-state index contributed by atoms with van der Waals surface area (Å²) in [6.45, 7) is 3.06. The van der Waals surface area contributed by atoms with Gasteiger partial charge in [-0.25, -0.2) is 0 Å². The molecule has 0 bridgehead atoms. The number of benzene rings is 2. The van der Waals surface area contributed by atoms with E-state index in [2.05, 4.69) is 36.0 Å². The fraction of sp³-hybridized carbons (Fsp3) is 0.421. The van der Waals surface area contributed by atoms with E-state index in [1.165, 1.54) is 11.8 Å². The highest BCUT2D eigenvalue weighted by atomic mass is 16.1. The number of carbonyl (C=O) groups is 1. The normalized spacial score (nSPS) is 19.1. The van der Waals surface area contributed by atoms with Crippen molar-refractivity contribution in [3.05, 3.63) is 48.0 Å². The average molecular weight is 296 g/mol. The highest BCUT2D eigenvalue weighted by Crippen LogP contribution is 2.18.